The van der Waals surface area contributed by atoms with Gasteiger partial charge in [-0.1, -0.05) is 17.7 Å². The Bertz CT molecular complexity index is 568. The molecule has 1 unspecified atom stereocenters. The van der Waals surface area contributed by atoms with Crippen molar-refractivity contribution >= 4 is 27.5 Å². The van der Waals surface area contributed by atoms with Crippen LogP contribution in [0.2, 0.25) is 5.02 Å². The molecule has 0 saturated heterocycles. The minimum atomic E-state index is -0.578. The molecule has 0 bridgehead atoms. The molecule has 0 aliphatic rings. The molecule has 2 rings (SSSR count). The van der Waals surface area contributed by atoms with Gasteiger partial charge in [-0.3, -0.25) is 4.68 Å². The maximum absolute atomic E-state index is 10.2. The molecule has 2 aromatic rings. The Kier molecular flexibility index (Phi) is 4.10. The van der Waals surface area contributed by atoms with Crippen molar-refractivity contribution in [3.05, 3.63) is 50.7 Å². The van der Waals surface area contributed by atoms with E-state index in [1.54, 1.807) is 10.7 Å². The van der Waals surface area contributed by atoms with Crippen LogP contribution >= 0.6 is 27.5 Å². The molecule has 0 amide bonds. The molecule has 18 heavy (non-hydrogen) atoms. The minimum Gasteiger partial charge on any atom is -0.388 e. The van der Waals surface area contributed by atoms with Crippen LogP contribution in [0.15, 0.2) is 28.7 Å². The highest BCUT2D eigenvalue weighted by molar-refractivity contribution is 9.10. The second-order valence-electron chi connectivity index (χ2n) is 4.29. The Balaban J connectivity index is 2.19. The van der Waals surface area contributed by atoms with Crippen molar-refractivity contribution in [1.29, 1.82) is 0 Å². The first-order chi connectivity index (χ1) is 8.47. The number of rotatable bonds is 3. The normalized spacial score (nSPS) is 12.7. The largest absolute Gasteiger partial charge is 0.388 e. The molecule has 0 aliphatic carbocycles. The molecule has 1 atom stereocenters. The first-order valence-electron chi connectivity index (χ1n) is 5.60. The lowest BCUT2D eigenvalue weighted by atomic mass is 10.0. The van der Waals surface area contributed by atoms with E-state index < -0.39 is 6.10 Å². The van der Waals surface area contributed by atoms with E-state index in [1.807, 2.05) is 32.2 Å². The van der Waals surface area contributed by atoms with Crippen LogP contribution in [0.25, 0.3) is 0 Å². The summed E-state index contributed by atoms with van der Waals surface area (Å²) in [4.78, 5) is 0. The Hall–Kier alpha value is -0.840. The van der Waals surface area contributed by atoms with Gasteiger partial charge in [-0.05, 0) is 46.6 Å². The number of aryl methyl sites for hydroxylation is 2. The molecule has 5 heteroatoms. The fourth-order valence-electron chi connectivity index (χ4n) is 1.89. The number of hydrogen-bond donors (Lipinski definition) is 1. The van der Waals surface area contributed by atoms with Crippen molar-refractivity contribution in [2.24, 2.45) is 7.05 Å². The van der Waals surface area contributed by atoms with Gasteiger partial charge in [0, 0.05) is 23.6 Å². The summed E-state index contributed by atoms with van der Waals surface area (Å²) in [6.07, 6.45) is -0.0552. The molecule has 1 aromatic heterocycles. The van der Waals surface area contributed by atoms with E-state index in [1.165, 1.54) is 0 Å². The van der Waals surface area contributed by atoms with E-state index in [4.69, 9.17) is 11.6 Å². The number of aromatic nitrogens is 2. The molecular formula is C13H14BrClN2O. The van der Waals surface area contributed by atoms with Crippen molar-refractivity contribution in [3.8, 4) is 0 Å². The van der Waals surface area contributed by atoms with Gasteiger partial charge < -0.3 is 5.11 Å². The standard InChI is InChI=1S/C13H14BrClN2O/c1-8-5-10(17(2)16-8)7-13(18)9-3-4-11(14)12(15)6-9/h3-6,13,18H,7H2,1-2H3. The fraction of sp³-hybridized carbons (Fsp3) is 0.308. The number of halogens is 2. The zero-order valence-electron chi connectivity index (χ0n) is 10.2. The van der Waals surface area contributed by atoms with Crippen molar-refractivity contribution in [1.82, 2.24) is 9.78 Å². The molecule has 96 valence electrons. The quantitative estimate of drug-likeness (QED) is 0.937. The van der Waals surface area contributed by atoms with Gasteiger partial charge in [0.05, 0.1) is 16.8 Å². The van der Waals surface area contributed by atoms with E-state index in [0.29, 0.717) is 11.4 Å². The minimum absolute atomic E-state index is 0.523. The van der Waals surface area contributed by atoms with Crippen molar-refractivity contribution in [3.63, 3.8) is 0 Å². The van der Waals surface area contributed by atoms with Gasteiger partial charge in [0.2, 0.25) is 0 Å². The van der Waals surface area contributed by atoms with Crippen LogP contribution in [0.1, 0.15) is 23.1 Å². The monoisotopic (exact) mass is 328 g/mol. The smallest absolute Gasteiger partial charge is 0.0845 e. The highest BCUT2D eigenvalue weighted by Gasteiger charge is 2.13. The number of benzene rings is 1. The summed E-state index contributed by atoms with van der Waals surface area (Å²) in [5.41, 5.74) is 2.76. The van der Waals surface area contributed by atoms with Crippen molar-refractivity contribution in [2.45, 2.75) is 19.4 Å². The zero-order chi connectivity index (χ0) is 13.3. The topological polar surface area (TPSA) is 38.0 Å². The van der Waals surface area contributed by atoms with E-state index in [9.17, 15) is 5.11 Å². The van der Waals surface area contributed by atoms with Gasteiger partial charge in [-0.2, -0.15) is 5.10 Å². The third-order valence-corrected chi connectivity index (χ3v) is 4.06. The van der Waals surface area contributed by atoms with Crippen LogP contribution < -0.4 is 0 Å². The summed E-state index contributed by atoms with van der Waals surface area (Å²) in [5, 5.41) is 15.1. The average molecular weight is 330 g/mol. The van der Waals surface area contributed by atoms with Gasteiger partial charge in [0.15, 0.2) is 0 Å². The first kappa shape index (κ1) is 13.6. The highest BCUT2D eigenvalue weighted by atomic mass is 79.9. The SMILES string of the molecule is Cc1cc(CC(O)c2ccc(Br)c(Cl)c2)n(C)n1. The summed E-state index contributed by atoms with van der Waals surface area (Å²) in [7, 11) is 1.88. The first-order valence-corrected chi connectivity index (χ1v) is 6.77. The Morgan fingerprint density at radius 1 is 1.44 bits per heavy atom. The summed E-state index contributed by atoms with van der Waals surface area (Å²) < 4.78 is 2.62. The maximum Gasteiger partial charge on any atom is 0.0845 e. The Morgan fingerprint density at radius 3 is 2.72 bits per heavy atom. The summed E-state index contributed by atoms with van der Waals surface area (Å²) in [5.74, 6) is 0. The highest BCUT2D eigenvalue weighted by Crippen LogP contribution is 2.27. The fourth-order valence-corrected chi connectivity index (χ4v) is 2.33. The van der Waals surface area contributed by atoms with Gasteiger partial charge in [0.1, 0.15) is 0 Å². The molecule has 1 aromatic carbocycles. The predicted octanol–water partition coefficient (Wildman–Crippen LogP) is 3.42. The van der Waals surface area contributed by atoms with E-state index in [0.717, 1.165) is 21.4 Å². The van der Waals surface area contributed by atoms with Crippen LogP contribution in [-0.4, -0.2) is 14.9 Å². The van der Waals surface area contributed by atoms with Crippen LogP contribution in [-0.2, 0) is 13.5 Å². The molecule has 0 spiro atoms. The van der Waals surface area contributed by atoms with Crippen molar-refractivity contribution < 1.29 is 5.11 Å². The van der Waals surface area contributed by atoms with Crippen LogP contribution in [0.5, 0.6) is 0 Å². The molecule has 0 radical (unpaired) electrons. The van der Waals surface area contributed by atoms with Crippen LogP contribution in [0.3, 0.4) is 0 Å². The zero-order valence-corrected chi connectivity index (χ0v) is 12.5. The third kappa shape index (κ3) is 2.94. The lowest BCUT2D eigenvalue weighted by Gasteiger charge is -2.12. The molecular weight excluding hydrogens is 316 g/mol. The molecule has 0 saturated carbocycles. The second-order valence-corrected chi connectivity index (χ2v) is 5.56. The Labute approximate surface area is 120 Å². The van der Waals surface area contributed by atoms with E-state index in [-0.39, 0.29) is 0 Å². The Morgan fingerprint density at radius 2 is 2.17 bits per heavy atom. The number of hydrogen-bond acceptors (Lipinski definition) is 2. The molecule has 0 aliphatic heterocycles. The predicted molar refractivity (Wildman–Crippen MR) is 75.8 cm³/mol. The van der Waals surface area contributed by atoms with E-state index >= 15 is 0 Å². The number of aliphatic hydroxyl groups excluding tert-OH is 1. The number of aliphatic hydroxyl groups is 1. The molecule has 0 fully saturated rings. The van der Waals surface area contributed by atoms with Crippen molar-refractivity contribution in [2.75, 3.05) is 0 Å². The van der Waals surface area contributed by atoms with Crippen LogP contribution in [0.4, 0.5) is 0 Å². The number of nitrogens with zero attached hydrogens (tertiary/aromatic N) is 2. The third-order valence-electron chi connectivity index (χ3n) is 2.83. The molecule has 1 N–H and O–H groups in total. The van der Waals surface area contributed by atoms with E-state index in [2.05, 4.69) is 21.0 Å². The maximum atomic E-state index is 10.2. The van der Waals surface area contributed by atoms with Gasteiger partial charge in [-0.15, -0.1) is 0 Å². The summed E-state index contributed by atoms with van der Waals surface area (Å²) in [6.45, 7) is 1.94. The lowest BCUT2D eigenvalue weighted by Crippen LogP contribution is -2.06. The van der Waals surface area contributed by atoms with Crippen LogP contribution in [0, 0.1) is 6.92 Å². The lowest BCUT2D eigenvalue weighted by molar-refractivity contribution is 0.176. The second kappa shape index (κ2) is 5.43. The van der Waals surface area contributed by atoms with Gasteiger partial charge in [-0.25, -0.2) is 0 Å². The average Bonchev–Trinajstić information content (AvgIpc) is 2.61. The van der Waals surface area contributed by atoms with Gasteiger partial charge >= 0.3 is 0 Å². The summed E-state index contributed by atoms with van der Waals surface area (Å²) in [6, 6.07) is 7.46. The summed E-state index contributed by atoms with van der Waals surface area (Å²) >= 11 is 9.35. The molecule has 3 nitrogen and oxygen atoms in total. The van der Waals surface area contributed by atoms with Gasteiger partial charge in [0.25, 0.3) is 0 Å². The molecule has 1 heterocycles.